The first-order chi connectivity index (χ1) is 8.92. The van der Waals surface area contributed by atoms with Gasteiger partial charge in [0.15, 0.2) is 0 Å². The summed E-state index contributed by atoms with van der Waals surface area (Å²) in [6.45, 7) is 3.66. The number of sulfonamides is 1. The van der Waals surface area contributed by atoms with Crippen molar-refractivity contribution < 1.29 is 12.9 Å². The van der Waals surface area contributed by atoms with Crippen molar-refractivity contribution in [2.75, 3.05) is 10.5 Å². The summed E-state index contributed by atoms with van der Waals surface area (Å²) < 4.78 is 31.3. The molecule has 0 amide bonds. The molecule has 19 heavy (non-hydrogen) atoms. The van der Waals surface area contributed by atoms with Crippen molar-refractivity contribution in [3.05, 3.63) is 35.5 Å². The Labute approximate surface area is 111 Å². The molecule has 0 saturated carbocycles. The SMILES string of the molecule is CCc1ccc(S(=O)(=O)Nc2cc(C)no2)cc1N. The molecule has 102 valence electrons. The van der Waals surface area contributed by atoms with Crippen LogP contribution in [0.1, 0.15) is 18.2 Å². The fourth-order valence-corrected chi connectivity index (χ4v) is 2.67. The van der Waals surface area contributed by atoms with Crippen molar-refractivity contribution >= 4 is 21.6 Å². The maximum Gasteiger partial charge on any atom is 0.264 e. The second-order valence-corrected chi connectivity index (χ2v) is 5.83. The number of hydrogen-bond donors (Lipinski definition) is 2. The van der Waals surface area contributed by atoms with E-state index in [1.54, 1.807) is 13.0 Å². The number of nitrogens with one attached hydrogen (secondary N) is 1. The molecule has 6 nitrogen and oxygen atoms in total. The average Bonchev–Trinajstić information content (AvgIpc) is 2.73. The Morgan fingerprint density at radius 1 is 1.37 bits per heavy atom. The lowest BCUT2D eigenvalue weighted by molar-refractivity contribution is 0.430. The summed E-state index contributed by atoms with van der Waals surface area (Å²) in [6, 6.07) is 6.15. The van der Waals surface area contributed by atoms with Crippen LogP contribution in [0.3, 0.4) is 0 Å². The summed E-state index contributed by atoms with van der Waals surface area (Å²) >= 11 is 0. The lowest BCUT2D eigenvalue weighted by Crippen LogP contribution is -2.13. The summed E-state index contributed by atoms with van der Waals surface area (Å²) in [4.78, 5) is 0.0938. The number of nitrogen functional groups attached to an aromatic ring is 1. The predicted octanol–water partition coefficient (Wildman–Crippen LogP) is 1.93. The summed E-state index contributed by atoms with van der Waals surface area (Å²) in [5.74, 6) is 0.0793. The number of aryl methyl sites for hydroxylation is 2. The zero-order chi connectivity index (χ0) is 14.0. The highest BCUT2D eigenvalue weighted by Crippen LogP contribution is 2.21. The molecule has 0 atom stereocenters. The Morgan fingerprint density at radius 3 is 2.63 bits per heavy atom. The molecule has 2 aromatic rings. The van der Waals surface area contributed by atoms with Gasteiger partial charge >= 0.3 is 0 Å². The third-order valence-electron chi connectivity index (χ3n) is 2.67. The van der Waals surface area contributed by atoms with Crippen molar-refractivity contribution in [2.45, 2.75) is 25.2 Å². The molecule has 0 saturated heterocycles. The van der Waals surface area contributed by atoms with E-state index in [0.29, 0.717) is 11.4 Å². The zero-order valence-electron chi connectivity index (χ0n) is 10.7. The maximum absolute atomic E-state index is 12.1. The van der Waals surface area contributed by atoms with Crippen molar-refractivity contribution in [1.29, 1.82) is 0 Å². The highest BCUT2D eigenvalue weighted by molar-refractivity contribution is 7.92. The molecule has 0 radical (unpaired) electrons. The fraction of sp³-hybridized carbons (Fsp3) is 0.250. The fourth-order valence-electron chi connectivity index (χ4n) is 1.67. The Kier molecular flexibility index (Phi) is 3.48. The Bertz CT molecular complexity index is 692. The number of nitrogens with two attached hydrogens (primary N) is 1. The highest BCUT2D eigenvalue weighted by atomic mass is 32.2. The van der Waals surface area contributed by atoms with E-state index in [1.165, 1.54) is 18.2 Å². The molecule has 3 N–H and O–H groups in total. The lowest BCUT2D eigenvalue weighted by Gasteiger charge is -2.08. The van der Waals surface area contributed by atoms with Crippen LogP contribution in [0.15, 0.2) is 33.7 Å². The minimum atomic E-state index is -3.71. The van der Waals surface area contributed by atoms with E-state index in [0.717, 1.165) is 12.0 Å². The molecule has 0 bridgehead atoms. The molecule has 2 rings (SSSR count). The summed E-state index contributed by atoms with van der Waals surface area (Å²) in [5, 5.41) is 3.61. The molecular weight excluding hydrogens is 266 g/mol. The molecule has 1 heterocycles. The highest BCUT2D eigenvalue weighted by Gasteiger charge is 2.17. The summed E-state index contributed by atoms with van der Waals surface area (Å²) in [5.41, 5.74) is 7.76. The number of hydrogen-bond acceptors (Lipinski definition) is 5. The van der Waals surface area contributed by atoms with Gasteiger partial charge in [-0.15, -0.1) is 0 Å². The monoisotopic (exact) mass is 281 g/mol. The molecule has 0 aliphatic heterocycles. The van der Waals surface area contributed by atoms with Gasteiger partial charge in [-0.2, -0.15) is 0 Å². The van der Waals surface area contributed by atoms with E-state index < -0.39 is 10.0 Å². The number of anilines is 2. The van der Waals surface area contributed by atoms with E-state index in [4.69, 9.17) is 10.3 Å². The van der Waals surface area contributed by atoms with Gasteiger partial charge in [-0.25, -0.2) is 13.1 Å². The smallest absolute Gasteiger partial charge is 0.264 e. The minimum absolute atomic E-state index is 0.0793. The van der Waals surface area contributed by atoms with Crippen LogP contribution in [0.4, 0.5) is 11.6 Å². The third-order valence-corrected chi connectivity index (χ3v) is 4.02. The third kappa shape index (κ3) is 2.87. The average molecular weight is 281 g/mol. The second kappa shape index (κ2) is 4.93. The zero-order valence-corrected chi connectivity index (χ0v) is 11.5. The van der Waals surface area contributed by atoms with Crippen molar-refractivity contribution in [1.82, 2.24) is 5.16 Å². The number of aromatic nitrogens is 1. The second-order valence-electron chi connectivity index (χ2n) is 4.15. The van der Waals surface area contributed by atoms with E-state index in [9.17, 15) is 8.42 Å². The predicted molar refractivity (Wildman–Crippen MR) is 72.3 cm³/mol. The van der Waals surface area contributed by atoms with Gasteiger partial charge < -0.3 is 10.3 Å². The topological polar surface area (TPSA) is 98.2 Å². The molecule has 0 spiro atoms. The van der Waals surface area contributed by atoms with E-state index in [2.05, 4.69) is 9.88 Å². The summed E-state index contributed by atoms with van der Waals surface area (Å²) in [7, 11) is -3.71. The van der Waals surface area contributed by atoms with E-state index in [1.807, 2.05) is 6.92 Å². The molecule has 0 fully saturated rings. The van der Waals surface area contributed by atoms with Crippen LogP contribution in [-0.2, 0) is 16.4 Å². The lowest BCUT2D eigenvalue weighted by atomic mass is 10.1. The normalized spacial score (nSPS) is 11.5. The van der Waals surface area contributed by atoms with E-state index >= 15 is 0 Å². The first-order valence-electron chi connectivity index (χ1n) is 5.77. The van der Waals surface area contributed by atoms with Gasteiger partial charge in [0.1, 0.15) is 0 Å². The molecule has 0 unspecified atom stereocenters. The van der Waals surface area contributed by atoms with E-state index in [-0.39, 0.29) is 10.8 Å². The van der Waals surface area contributed by atoms with Crippen LogP contribution < -0.4 is 10.5 Å². The Balaban J connectivity index is 2.31. The van der Waals surface area contributed by atoms with Gasteiger partial charge in [-0.3, -0.25) is 0 Å². The van der Waals surface area contributed by atoms with Crippen LogP contribution >= 0.6 is 0 Å². The Hall–Kier alpha value is -2.02. The Morgan fingerprint density at radius 2 is 2.11 bits per heavy atom. The molecule has 7 heteroatoms. The van der Waals surface area contributed by atoms with Crippen LogP contribution in [-0.4, -0.2) is 13.6 Å². The van der Waals surface area contributed by atoms with Gasteiger partial charge in [0, 0.05) is 11.8 Å². The van der Waals surface area contributed by atoms with Crippen molar-refractivity contribution in [3.8, 4) is 0 Å². The van der Waals surface area contributed by atoms with Gasteiger partial charge in [-0.1, -0.05) is 18.1 Å². The molecule has 1 aromatic heterocycles. The van der Waals surface area contributed by atoms with Crippen LogP contribution in [0.5, 0.6) is 0 Å². The van der Waals surface area contributed by atoms with Crippen LogP contribution in [0.25, 0.3) is 0 Å². The standard InChI is InChI=1S/C12H15N3O3S/c1-3-9-4-5-10(7-11(9)13)19(16,17)15-12-6-8(2)14-18-12/h4-7,15H,3,13H2,1-2H3. The quantitative estimate of drug-likeness (QED) is 0.834. The largest absolute Gasteiger partial charge is 0.398 e. The molecule has 1 aromatic carbocycles. The van der Waals surface area contributed by atoms with Gasteiger partial charge in [-0.05, 0) is 31.0 Å². The molecule has 0 aliphatic carbocycles. The van der Waals surface area contributed by atoms with Gasteiger partial charge in [0.05, 0.1) is 10.6 Å². The number of nitrogens with zero attached hydrogens (tertiary/aromatic N) is 1. The van der Waals surface area contributed by atoms with Crippen LogP contribution in [0.2, 0.25) is 0 Å². The van der Waals surface area contributed by atoms with Gasteiger partial charge in [0.25, 0.3) is 10.0 Å². The molecule has 0 aliphatic rings. The minimum Gasteiger partial charge on any atom is -0.398 e. The number of rotatable bonds is 4. The van der Waals surface area contributed by atoms with Crippen LogP contribution in [0, 0.1) is 6.92 Å². The first kappa shape index (κ1) is 13.4. The van der Waals surface area contributed by atoms with Crippen molar-refractivity contribution in [3.63, 3.8) is 0 Å². The first-order valence-corrected chi connectivity index (χ1v) is 7.25. The van der Waals surface area contributed by atoms with Crippen molar-refractivity contribution in [2.24, 2.45) is 0 Å². The maximum atomic E-state index is 12.1. The number of benzene rings is 1. The summed E-state index contributed by atoms with van der Waals surface area (Å²) in [6.07, 6.45) is 0.751. The molecular formula is C12H15N3O3S. The van der Waals surface area contributed by atoms with Gasteiger partial charge in [0.2, 0.25) is 5.88 Å².